The van der Waals surface area contributed by atoms with E-state index in [2.05, 4.69) is 44.2 Å². The molecule has 0 radical (unpaired) electrons. The predicted octanol–water partition coefficient (Wildman–Crippen LogP) is 3.48. The highest BCUT2D eigenvalue weighted by molar-refractivity contribution is 5.28. The van der Waals surface area contributed by atoms with Crippen LogP contribution >= 0.6 is 0 Å². The van der Waals surface area contributed by atoms with Gasteiger partial charge in [-0.2, -0.15) is 0 Å². The van der Waals surface area contributed by atoms with Crippen LogP contribution in [0.4, 0.5) is 0 Å². The first-order valence-electron chi connectivity index (χ1n) is 4.38. The average Bonchev–Trinajstić information content (AvgIpc) is 2.17. The summed E-state index contributed by atoms with van der Waals surface area (Å²) in [5.41, 5.74) is 1.45. The third-order valence-corrected chi connectivity index (χ3v) is 1.88. The molecule has 11 heavy (non-hydrogen) atoms. The second-order valence-electron chi connectivity index (χ2n) is 3.09. The van der Waals surface area contributed by atoms with Gasteiger partial charge in [-0.05, 0) is 17.9 Å². The van der Waals surface area contributed by atoms with Crippen LogP contribution in [-0.4, -0.2) is 0 Å². The first-order chi connectivity index (χ1) is 5.33. The zero-order chi connectivity index (χ0) is 8.10. The van der Waals surface area contributed by atoms with Gasteiger partial charge in [0.05, 0.1) is 0 Å². The molecule has 0 aromatic rings. The second-order valence-corrected chi connectivity index (χ2v) is 3.09. The Labute approximate surface area is 69.3 Å². The fraction of sp³-hybridized carbons (Fsp3) is 0.455. The average molecular weight is 148 g/mol. The maximum Gasteiger partial charge on any atom is -0.00755 e. The van der Waals surface area contributed by atoms with E-state index in [1.165, 1.54) is 18.4 Å². The largest absolute Gasteiger partial charge is 0.0779 e. The molecule has 1 atom stereocenters. The zero-order valence-electron chi connectivity index (χ0n) is 7.38. The summed E-state index contributed by atoms with van der Waals surface area (Å²) >= 11 is 0. The minimum atomic E-state index is 0.598. The lowest BCUT2D eigenvalue weighted by molar-refractivity contribution is 0.916. The maximum atomic E-state index is 2.25. The van der Waals surface area contributed by atoms with E-state index in [1.807, 2.05) is 0 Å². The molecule has 0 spiro atoms. The summed E-state index contributed by atoms with van der Waals surface area (Å²) in [4.78, 5) is 0. The quantitative estimate of drug-likeness (QED) is 0.562. The molecule has 1 rings (SSSR count). The van der Waals surface area contributed by atoms with Gasteiger partial charge in [-0.15, -0.1) is 0 Å². The van der Waals surface area contributed by atoms with Gasteiger partial charge in [-0.3, -0.25) is 0 Å². The standard InChI is InChI=1S/C11H16/c1-3-5-11-7-4-6-10(2)8-9-11/h4,6-10H,3,5H2,1-2H3. The Kier molecular flexibility index (Phi) is 3.15. The van der Waals surface area contributed by atoms with Crippen molar-refractivity contribution in [1.82, 2.24) is 0 Å². The Balaban J connectivity index is 2.61. The fourth-order valence-electron chi connectivity index (χ4n) is 1.20. The van der Waals surface area contributed by atoms with E-state index in [9.17, 15) is 0 Å². The smallest absolute Gasteiger partial charge is 0.00755 e. The van der Waals surface area contributed by atoms with E-state index in [-0.39, 0.29) is 0 Å². The Hall–Kier alpha value is -0.780. The van der Waals surface area contributed by atoms with E-state index < -0.39 is 0 Å². The summed E-state index contributed by atoms with van der Waals surface area (Å²) in [5.74, 6) is 0.598. The highest BCUT2D eigenvalue weighted by atomic mass is 14.0. The number of rotatable bonds is 2. The Morgan fingerprint density at radius 1 is 1.36 bits per heavy atom. The maximum absolute atomic E-state index is 2.25. The van der Waals surface area contributed by atoms with Crippen molar-refractivity contribution in [2.45, 2.75) is 26.7 Å². The van der Waals surface area contributed by atoms with Crippen molar-refractivity contribution in [3.63, 3.8) is 0 Å². The van der Waals surface area contributed by atoms with Crippen LogP contribution in [0.2, 0.25) is 0 Å². The van der Waals surface area contributed by atoms with Crippen LogP contribution in [-0.2, 0) is 0 Å². The number of hydrogen-bond acceptors (Lipinski definition) is 0. The van der Waals surface area contributed by atoms with E-state index in [0.717, 1.165) is 0 Å². The Bertz CT molecular complexity index is 194. The summed E-state index contributed by atoms with van der Waals surface area (Å²) in [6.07, 6.45) is 13.5. The van der Waals surface area contributed by atoms with Crippen LogP contribution in [0.15, 0.2) is 36.0 Å². The van der Waals surface area contributed by atoms with Crippen molar-refractivity contribution in [3.05, 3.63) is 36.0 Å². The Morgan fingerprint density at radius 3 is 2.91 bits per heavy atom. The van der Waals surface area contributed by atoms with Crippen molar-refractivity contribution in [3.8, 4) is 0 Å². The molecule has 0 saturated carbocycles. The lowest BCUT2D eigenvalue weighted by Crippen LogP contribution is -1.79. The van der Waals surface area contributed by atoms with E-state index in [0.29, 0.717) is 5.92 Å². The lowest BCUT2D eigenvalue weighted by Gasteiger charge is -1.96. The lowest BCUT2D eigenvalue weighted by atomic mass is 10.1. The second kappa shape index (κ2) is 4.17. The van der Waals surface area contributed by atoms with Crippen LogP contribution < -0.4 is 0 Å². The van der Waals surface area contributed by atoms with Gasteiger partial charge in [0.1, 0.15) is 0 Å². The van der Waals surface area contributed by atoms with Gasteiger partial charge in [0.25, 0.3) is 0 Å². The van der Waals surface area contributed by atoms with Crippen molar-refractivity contribution < 1.29 is 0 Å². The first kappa shape index (κ1) is 8.32. The molecule has 0 bridgehead atoms. The van der Waals surface area contributed by atoms with Gasteiger partial charge in [0, 0.05) is 0 Å². The van der Waals surface area contributed by atoms with Crippen molar-refractivity contribution >= 4 is 0 Å². The molecule has 0 N–H and O–H groups in total. The number of hydrogen-bond donors (Lipinski definition) is 0. The molecular weight excluding hydrogens is 132 g/mol. The van der Waals surface area contributed by atoms with Crippen molar-refractivity contribution in [1.29, 1.82) is 0 Å². The third-order valence-electron chi connectivity index (χ3n) is 1.88. The highest BCUT2D eigenvalue weighted by Gasteiger charge is 1.95. The van der Waals surface area contributed by atoms with E-state index in [4.69, 9.17) is 0 Å². The fourth-order valence-corrected chi connectivity index (χ4v) is 1.20. The molecule has 0 aliphatic heterocycles. The molecule has 0 heterocycles. The van der Waals surface area contributed by atoms with Gasteiger partial charge < -0.3 is 0 Å². The molecule has 0 amide bonds. The van der Waals surface area contributed by atoms with Crippen LogP contribution in [0.25, 0.3) is 0 Å². The van der Waals surface area contributed by atoms with Gasteiger partial charge in [-0.25, -0.2) is 0 Å². The van der Waals surface area contributed by atoms with Crippen LogP contribution in [0, 0.1) is 5.92 Å². The molecule has 1 aliphatic carbocycles. The summed E-state index contributed by atoms with van der Waals surface area (Å²) in [6, 6.07) is 0. The molecule has 60 valence electrons. The van der Waals surface area contributed by atoms with Crippen LogP contribution in [0.3, 0.4) is 0 Å². The van der Waals surface area contributed by atoms with Gasteiger partial charge in [0.15, 0.2) is 0 Å². The minimum Gasteiger partial charge on any atom is -0.0779 e. The van der Waals surface area contributed by atoms with Gasteiger partial charge in [0.2, 0.25) is 0 Å². The van der Waals surface area contributed by atoms with Crippen molar-refractivity contribution in [2.24, 2.45) is 5.92 Å². The Morgan fingerprint density at radius 2 is 2.18 bits per heavy atom. The zero-order valence-corrected chi connectivity index (χ0v) is 7.38. The predicted molar refractivity (Wildman–Crippen MR) is 50.4 cm³/mol. The summed E-state index contributed by atoms with van der Waals surface area (Å²) in [6.45, 7) is 4.42. The summed E-state index contributed by atoms with van der Waals surface area (Å²) < 4.78 is 0. The molecular formula is C11H16. The SMILES string of the molecule is CCCC1=CC=CC(C)C=C1. The molecule has 0 aromatic heterocycles. The van der Waals surface area contributed by atoms with Gasteiger partial charge >= 0.3 is 0 Å². The third kappa shape index (κ3) is 2.75. The molecule has 0 fully saturated rings. The molecule has 0 aromatic carbocycles. The highest BCUT2D eigenvalue weighted by Crippen LogP contribution is 2.13. The van der Waals surface area contributed by atoms with Crippen molar-refractivity contribution in [2.75, 3.05) is 0 Å². The van der Waals surface area contributed by atoms with E-state index in [1.54, 1.807) is 0 Å². The summed E-state index contributed by atoms with van der Waals surface area (Å²) in [5, 5.41) is 0. The molecule has 0 heteroatoms. The normalized spacial score (nSPS) is 23.1. The first-order valence-corrected chi connectivity index (χ1v) is 4.38. The number of allylic oxidation sites excluding steroid dienone is 6. The molecule has 1 aliphatic rings. The topological polar surface area (TPSA) is 0 Å². The molecule has 0 nitrogen and oxygen atoms in total. The van der Waals surface area contributed by atoms with Crippen LogP contribution in [0.5, 0.6) is 0 Å². The summed E-state index contributed by atoms with van der Waals surface area (Å²) in [7, 11) is 0. The monoisotopic (exact) mass is 148 g/mol. The van der Waals surface area contributed by atoms with Gasteiger partial charge in [-0.1, -0.05) is 50.6 Å². The van der Waals surface area contributed by atoms with Crippen LogP contribution in [0.1, 0.15) is 26.7 Å². The van der Waals surface area contributed by atoms with E-state index >= 15 is 0 Å². The molecule has 0 saturated heterocycles. The molecule has 1 unspecified atom stereocenters. The minimum absolute atomic E-state index is 0.598.